The molecule has 0 aromatic heterocycles. The number of hydrogen-bond donors (Lipinski definition) is 0. The molecular formula is C16H21ClO2. The zero-order valence-electron chi connectivity index (χ0n) is 12.2. The summed E-state index contributed by atoms with van der Waals surface area (Å²) in [5, 5.41) is 0.602. The first-order chi connectivity index (χ1) is 8.62. The van der Waals surface area contributed by atoms with Crippen molar-refractivity contribution in [3.8, 4) is 0 Å². The average molecular weight is 281 g/mol. The molecule has 0 N–H and O–H groups in total. The van der Waals surface area contributed by atoms with E-state index in [2.05, 4.69) is 0 Å². The maximum absolute atomic E-state index is 12.8. The van der Waals surface area contributed by atoms with Crippen LogP contribution in [0.5, 0.6) is 0 Å². The van der Waals surface area contributed by atoms with E-state index in [1.54, 1.807) is 6.07 Å². The molecule has 0 saturated carbocycles. The Hall–Kier alpha value is -0.860. The van der Waals surface area contributed by atoms with Crippen LogP contribution in [0.15, 0.2) is 18.2 Å². The molecule has 0 bridgehead atoms. The molecule has 3 heteroatoms. The monoisotopic (exact) mass is 280 g/mol. The summed E-state index contributed by atoms with van der Waals surface area (Å²) in [6.45, 7) is 9.99. The van der Waals surface area contributed by atoms with Gasteiger partial charge in [0, 0.05) is 10.6 Å². The minimum atomic E-state index is -0.435. The molecule has 1 heterocycles. The number of ketones is 1. The maximum atomic E-state index is 12.8. The maximum Gasteiger partial charge on any atom is 0.169 e. The van der Waals surface area contributed by atoms with E-state index in [0.29, 0.717) is 10.6 Å². The van der Waals surface area contributed by atoms with Crippen molar-refractivity contribution in [2.75, 3.05) is 0 Å². The number of aryl methyl sites for hydroxylation is 1. The Kier molecular flexibility index (Phi) is 3.53. The first-order valence-corrected chi connectivity index (χ1v) is 7.01. The predicted molar refractivity (Wildman–Crippen MR) is 77.9 cm³/mol. The van der Waals surface area contributed by atoms with Gasteiger partial charge in [-0.25, -0.2) is 0 Å². The Labute approximate surface area is 120 Å². The molecule has 0 amide bonds. The second-order valence-electron chi connectivity index (χ2n) is 6.55. The van der Waals surface area contributed by atoms with Crippen molar-refractivity contribution in [1.29, 1.82) is 0 Å². The minimum Gasteiger partial charge on any atom is -0.369 e. The van der Waals surface area contributed by atoms with E-state index < -0.39 is 5.60 Å². The normalized spacial score (nSPS) is 24.4. The highest BCUT2D eigenvalue weighted by Crippen LogP contribution is 2.43. The van der Waals surface area contributed by atoms with Crippen LogP contribution in [0.25, 0.3) is 0 Å². The molecule has 1 aromatic carbocycles. The largest absolute Gasteiger partial charge is 0.369 e. The lowest BCUT2D eigenvalue weighted by Gasteiger charge is -2.27. The van der Waals surface area contributed by atoms with Gasteiger partial charge in [-0.1, -0.05) is 17.7 Å². The standard InChI is InChI=1S/C16H21ClO2/c1-10-6-7-11(17)8-12(10)14(18)13-9-15(2,3)19-16(13,4)5/h6-8,13H,9H2,1-5H3. The van der Waals surface area contributed by atoms with Crippen LogP contribution >= 0.6 is 11.6 Å². The molecule has 1 saturated heterocycles. The summed E-state index contributed by atoms with van der Waals surface area (Å²) in [6.07, 6.45) is 0.741. The summed E-state index contributed by atoms with van der Waals surface area (Å²) in [7, 11) is 0. The zero-order chi connectivity index (χ0) is 14.4. The molecular weight excluding hydrogens is 260 g/mol. The lowest BCUT2D eigenvalue weighted by atomic mass is 9.81. The van der Waals surface area contributed by atoms with E-state index in [0.717, 1.165) is 12.0 Å². The summed E-state index contributed by atoms with van der Waals surface area (Å²) < 4.78 is 6.01. The molecule has 0 spiro atoms. The molecule has 0 aliphatic carbocycles. The third-order valence-corrected chi connectivity index (χ3v) is 4.09. The number of rotatable bonds is 2. The van der Waals surface area contributed by atoms with Crippen LogP contribution in [-0.4, -0.2) is 17.0 Å². The van der Waals surface area contributed by atoms with E-state index in [9.17, 15) is 4.79 Å². The van der Waals surface area contributed by atoms with Gasteiger partial charge in [0.2, 0.25) is 0 Å². The highest BCUT2D eigenvalue weighted by atomic mass is 35.5. The highest BCUT2D eigenvalue weighted by Gasteiger charge is 2.49. The van der Waals surface area contributed by atoms with Gasteiger partial charge in [-0.2, -0.15) is 0 Å². The van der Waals surface area contributed by atoms with Crippen LogP contribution < -0.4 is 0 Å². The van der Waals surface area contributed by atoms with E-state index >= 15 is 0 Å². The summed E-state index contributed by atoms with van der Waals surface area (Å²) in [4.78, 5) is 12.8. The molecule has 1 aliphatic rings. The fourth-order valence-electron chi connectivity index (χ4n) is 3.02. The van der Waals surface area contributed by atoms with Gasteiger partial charge in [-0.05, 0) is 58.7 Å². The summed E-state index contributed by atoms with van der Waals surface area (Å²) in [5.74, 6) is 0.00948. The second kappa shape index (κ2) is 4.60. The van der Waals surface area contributed by atoms with Gasteiger partial charge in [-0.15, -0.1) is 0 Å². The van der Waals surface area contributed by atoms with Crippen molar-refractivity contribution in [2.45, 2.75) is 52.2 Å². The molecule has 2 nitrogen and oxygen atoms in total. The molecule has 2 rings (SSSR count). The molecule has 1 aliphatic heterocycles. The van der Waals surface area contributed by atoms with Crippen molar-refractivity contribution < 1.29 is 9.53 Å². The summed E-state index contributed by atoms with van der Waals surface area (Å²) in [5.41, 5.74) is 0.993. The van der Waals surface area contributed by atoms with Crippen molar-refractivity contribution >= 4 is 17.4 Å². The number of ether oxygens (including phenoxy) is 1. The van der Waals surface area contributed by atoms with Crippen molar-refractivity contribution in [2.24, 2.45) is 5.92 Å². The molecule has 1 atom stereocenters. The smallest absolute Gasteiger partial charge is 0.169 e. The van der Waals surface area contributed by atoms with Crippen LogP contribution in [0.2, 0.25) is 5.02 Å². The zero-order valence-corrected chi connectivity index (χ0v) is 13.0. The van der Waals surface area contributed by atoms with Gasteiger partial charge in [0.15, 0.2) is 5.78 Å². The van der Waals surface area contributed by atoms with Crippen molar-refractivity contribution in [1.82, 2.24) is 0 Å². The van der Waals surface area contributed by atoms with Gasteiger partial charge in [0.05, 0.1) is 17.1 Å². The summed E-state index contributed by atoms with van der Waals surface area (Å²) >= 11 is 6.01. The van der Waals surface area contributed by atoms with Gasteiger partial charge in [0.25, 0.3) is 0 Å². The van der Waals surface area contributed by atoms with Crippen LogP contribution in [0.4, 0.5) is 0 Å². The SMILES string of the molecule is Cc1ccc(Cl)cc1C(=O)C1CC(C)(C)OC1(C)C. The number of halogens is 1. The van der Waals surface area contributed by atoms with Crippen molar-refractivity contribution in [3.63, 3.8) is 0 Å². The van der Waals surface area contributed by atoms with Gasteiger partial charge in [-0.3, -0.25) is 4.79 Å². The van der Waals surface area contributed by atoms with Crippen LogP contribution in [0, 0.1) is 12.8 Å². The Morgan fingerprint density at radius 2 is 1.95 bits per heavy atom. The Morgan fingerprint density at radius 3 is 2.47 bits per heavy atom. The second-order valence-corrected chi connectivity index (χ2v) is 6.98. The fourth-order valence-corrected chi connectivity index (χ4v) is 3.19. The van der Waals surface area contributed by atoms with Gasteiger partial charge in [0.1, 0.15) is 0 Å². The lowest BCUT2D eigenvalue weighted by Crippen LogP contribution is -2.34. The van der Waals surface area contributed by atoms with E-state index in [-0.39, 0.29) is 17.3 Å². The Bertz CT molecular complexity index is 517. The van der Waals surface area contributed by atoms with E-state index in [4.69, 9.17) is 16.3 Å². The quantitative estimate of drug-likeness (QED) is 0.750. The number of benzene rings is 1. The first kappa shape index (κ1) is 14.5. The number of carbonyl (C=O) groups is 1. The van der Waals surface area contributed by atoms with Gasteiger partial charge < -0.3 is 4.74 Å². The van der Waals surface area contributed by atoms with Crippen LogP contribution in [0.1, 0.15) is 50.0 Å². The molecule has 104 valence electrons. The third-order valence-electron chi connectivity index (χ3n) is 3.86. The molecule has 1 unspecified atom stereocenters. The fraction of sp³-hybridized carbons (Fsp3) is 0.562. The molecule has 0 radical (unpaired) electrons. The highest BCUT2D eigenvalue weighted by molar-refractivity contribution is 6.31. The first-order valence-electron chi connectivity index (χ1n) is 6.63. The van der Waals surface area contributed by atoms with Gasteiger partial charge >= 0.3 is 0 Å². The van der Waals surface area contributed by atoms with E-state index in [1.807, 2.05) is 46.8 Å². The number of hydrogen-bond acceptors (Lipinski definition) is 2. The van der Waals surface area contributed by atoms with Crippen LogP contribution in [0.3, 0.4) is 0 Å². The molecule has 1 aromatic rings. The lowest BCUT2D eigenvalue weighted by molar-refractivity contribution is -0.0712. The topological polar surface area (TPSA) is 26.3 Å². The average Bonchev–Trinajstić information content (AvgIpc) is 2.49. The predicted octanol–water partition coefficient (Wildman–Crippen LogP) is 4.42. The molecule has 19 heavy (non-hydrogen) atoms. The number of Topliss-reactive ketones (excluding diaryl/α,β-unsaturated/α-hetero) is 1. The number of carbonyl (C=O) groups excluding carboxylic acids is 1. The Balaban J connectivity index is 2.37. The van der Waals surface area contributed by atoms with Crippen molar-refractivity contribution in [3.05, 3.63) is 34.3 Å². The summed E-state index contributed by atoms with van der Waals surface area (Å²) in [6, 6.07) is 5.47. The van der Waals surface area contributed by atoms with E-state index in [1.165, 1.54) is 0 Å². The molecule has 1 fully saturated rings. The third kappa shape index (κ3) is 2.85. The van der Waals surface area contributed by atoms with Crippen LogP contribution in [-0.2, 0) is 4.74 Å². The minimum absolute atomic E-state index is 0.125. The Morgan fingerprint density at radius 1 is 1.32 bits per heavy atom.